The van der Waals surface area contributed by atoms with Crippen LogP contribution in [-0.2, 0) is 24.3 Å². The molecule has 4 fully saturated rings. The fraction of sp³-hybridized carbons (Fsp3) is 0.682. The average Bonchev–Trinajstić information content (AvgIpc) is 2.69. The molecule has 166 valence electrons. The second-order valence-electron chi connectivity index (χ2n) is 9.84. The van der Waals surface area contributed by atoms with Gasteiger partial charge in [0.2, 0.25) is 0 Å². The number of alkyl halides is 2. The van der Waals surface area contributed by atoms with E-state index in [-0.39, 0.29) is 17.4 Å². The summed E-state index contributed by atoms with van der Waals surface area (Å²) in [4.78, 5) is 11.9. The summed E-state index contributed by atoms with van der Waals surface area (Å²) in [6, 6.07) is 8.87. The SMILES string of the molecule is CC(C)c1ccc(C23CC4CC(CC(COC(=O)C(F)(F)SOOO)(C4)C2)C3)cc1. The minimum absolute atomic E-state index is 0.0131. The van der Waals surface area contributed by atoms with Gasteiger partial charge < -0.3 is 4.74 Å². The molecule has 0 saturated heterocycles. The molecule has 8 heteroatoms. The van der Waals surface area contributed by atoms with Crippen molar-refractivity contribution < 1.29 is 32.9 Å². The fourth-order valence-corrected chi connectivity index (χ4v) is 6.82. The van der Waals surface area contributed by atoms with E-state index >= 15 is 0 Å². The van der Waals surface area contributed by atoms with Crippen molar-refractivity contribution in [3.05, 3.63) is 35.4 Å². The Hall–Kier alpha value is -1.22. The van der Waals surface area contributed by atoms with Crippen LogP contribution in [0.4, 0.5) is 8.78 Å². The molecule has 0 amide bonds. The van der Waals surface area contributed by atoms with Gasteiger partial charge in [-0.05, 0) is 72.8 Å². The largest absolute Gasteiger partial charge is 0.460 e. The van der Waals surface area contributed by atoms with Crippen LogP contribution in [0.15, 0.2) is 24.3 Å². The van der Waals surface area contributed by atoms with Crippen molar-refractivity contribution in [2.75, 3.05) is 6.61 Å². The number of esters is 1. The highest BCUT2D eigenvalue weighted by atomic mass is 32.2. The molecule has 5 nitrogen and oxygen atoms in total. The van der Waals surface area contributed by atoms with Gasteiger partial charge in [-0.25, -0.2) is 10.1 Å². The monoisotopic (exact) mass is 442 g/mol. The van der Waals surface area contributed by atoms with Crippen LogP contribution < -0.4 is 0 Å². The first kappa shape index (κ1) is 22.0. The molecule has 4 aliphatic carbocycles. The molecule has 0 aliphatic heterocycles. The minimum atomic E-state index is -3.95. The number of ether oxygens (including phenoxy) is 1. The van der Waals surface area contributed by atoms with E-state index in [1.807, 2.05) is 0 Å². The summed E-state index contributed by atoms with van der Waals surface area (Å²) in [6.07, 6.45) is 6.10. The first-order chi connectivity index (χ1) is 14.2. The molecule has 2 unspecified atom stereocenters. The normalized spacial score (nSPS) is 32.6. The number of carbonyl (C=O) groups excluding carboxylic acids is 1. The quantitative estimate of drug-likeness (QED) is 0.236. The molecular formula is C22H28F2O5S. The third-order valence-electron chi connectivity index (χ3n) is 7.29. The zero-order valence-corrected chi connectivity index (χ0v) is 18.1. The number of hydrogen-bond acceptors (Lipinski definition) is 6. The lowest BCUT2D eigenvalue weighted by Gasteiger charge is -2.62. The molecule has 4 bridgehead atoms. The Morgan fingerprint density at radius 1 is 1.20 bits per heavy atom. The first-order valence-corrected chi connectivity index (χ1v) is 11.2. The third kappa shape index (κ3) is 4.11. The standard InChI is InChI=1S/C22H28F2O5S/c1-14(2)17-3-5-18(6-4-17)21-10-15-7-16(11-21)9-20(8-15,12-21)13-27-19(25)22(23,24)30-29-28-26/h3-6,14-16,26H,7-13H2,1-2H3. The number of carbonyl (C=O) groups is 1. The molecule has 1 aromatic rings. The molecule has 0 aromatic heterocycles. The maximum absolute atomic E-state index is 13.8. The lowest BCUT2D eigenvalue weighted by Crippen LogP contribution is -2.55. The molecule has 1 aromatic carbocycles. The van der Waals surface area contributed by atoms with Crippen molar-refractivity contribution in [1.29, 1.82) is 0 Å². The molecular weight excluding hydrogens is 414 g/mol. The Labute approximate surface area is 179 Å². The van der Waals surface area contributed by atoms with E-state index in [1.165, 1.54) is 17.5 Å². The van der Waals surface area contributed by atoms with Gasteiger partial charge in [0.1, 0.15) is 12.0 Å². The first-order valence-electron chi connectivity index (χ1n) is 10.5. The predicted octanol–water partition coefficient (Wildman–Crippen LogP) is 5.85. The number of halogens is 2. The summed E-state index contributed by atoms with van der Waals surface area (Å²) in [5.74, 6) is -0.122. The van der Waals surface area contributed by atoms with E-state index in [1.54, 1.807) is 0 Å². The van der Waals surface area contributed by atoms with E-state index in [0.29, 0.717) is 17.8 Å². The van der Waals surface area contributed by atoms with E-state index in [9.17, 15) is 13.6 Å². The molecule has 2 atom stereocenters. The van der Waals surface area contributed by atoms with Gasteiger partial charge >= 0.3 is 11.2 Å². The number of benzene rings is 1. The Balaban J connectivity index is 1.50. The van der Waals surface area contributed by atoms with Crippen LogP contribution in [0.5, 0.6) is 0 Å². The van der Waals surface area contributed by atoms with Crippen LogP contribution >= 0.6 is 12.0 Å². The van der Waals surface area contributed by atoms with Gasteiger partial charge in [-0.1, -0.05) is 43.2 Å². The van der Waals surface area contributed by atoms with Gasteiger partial charge in [0, 0.05) is 5.41 Å². The van der Waals surface area contributed by atoms with Crippen molar-refractivity contribution in [3.63, 3.8) is 0 Å². The zero-order chi connectivity index (χ0) is 21.6. The fourth-order valence-electron chi connectivity index (χ4n) is 6.58. The summed E-state index contributed by atoms with van der Waals surface area (Å²) in [7, 11) is 0. The molecule has 1 N–H and O–H groups in total. The second-order valence-corrected chi connectivity index (χ2v) is 10.7. The van der Waals surface area contributed by atoms with Crippen LogP contribution in [0.25, 0.3) is 0 Å². The molecule has 5 rings (SSSR count). The summed E-state index contributed by atoms with van der Waals surface area (Å²) in [6.45, 7) is 4.34. The highest BCUT2D eigenvalue weighted by molar-refractivity contribution is 7.96. The van der Waals surface area contributed by atoms with E-state index in [4.69, 9.17) is 9.99 Å². The zero-order valence-electron chi connectivity index (χ0n) is 17.2. The topological polar surface area (TPSA) is 65.0 Å². The Bertz CT molecular complexity index is 768. The summed E-state index contributed by atoms with van der Waals surface area (Å²) >= 11 is -0.577. The summed E-state index contributed by atoms with van der Waals surface area (Å²) in [5.41, 5.74) is 2.41. The summed E-state index contributed by atoms with van der Waals surface area (Å²) < 4.78 is 36.4. The lowest BCUT2D eigenvalue weighted by atomic mass is 9.43. The van der Waals surface area contributed by atoms with E-state index < -0.39 is 23.3 Å². The third-order valence-corrected chi connectivity index (χ3v) is 7.79. The van der Waals surface area contributed by atoms with Gasteiger partial charge in [-0.15, -0.1) is 4.33 Å². The van der Waals surface area contributed by atoms with Crippen molar-refractivity contribution in [2.24, 2.45) is 17.3 Å². The Morgan fingerprint density at radius 2 is 1.83 bits per heavy atom. The molecule has 4 aliphatic rings. The lowest BCUT2D eigenvalue weighted by molar-refractivity contribution is -0.433. The van der Waals surface area contributed by atoms with Crippen molar-refractivity contribution in [3.8, 4) is 0 Å². The minimum Gasteiger partial charge on any atom is -0.460 e. The van der Waals surface area contributed by atoms with Gasteiger partial charge in [-0.3, -0.25) is 0 Å². The maximum Gasteiger partial charge on any atom is 0.415 e. The van der Waals surface area contributed by atoms with Crippen LogP contribution in [0, 0.1) is 17.3 Å². The molecule has 0 radical (unpaired) electrons. The predicted molar refractivity (Wildman–Crippen MR) is 108 cm³/mol. The van der Waals surface area contributed by atoms with Gasteiger partial charge in [0.15, 0.2) is 0 Å². The van der Waals surface area contributed by atoms with Crippen molar-refractivity contribution in [1.82, 2.24) is 0 Å². The van der Waals surface area contributed by atoms with E-state index in [0.717, 1.165) is 32.1 Å². The van der Waals surface area contributed by atoms with Gasteiger partial charge in [0.25, 0.3) is 0 Å². The number of rotatable bonds is 8. The van der Waals surface area contributed by atoms with Crippen LogP contribution in [0.1, 0.15) is 69.4 Å². The molecule has 0 heterocycles. The second kappa shape index (κ2) is 8.04. The number of hydrogen-bond donors (Lipinski definition) is 1. The van der Waals surface area contributed by atoms with Crippen LogP contribution in [0.2, 0.25) is 0 Å². The maximum atomic E-state index is 13.8. The van der Waals surface area contributed by atoms with Crippen LogP contribution in [-0.4, -0.2) is 23.1 Å². The highest BCUT2D eigenvalue weighted by Crippen LogP contribution is 2.65. The smallest absolute Gasteiger partial charge is 0.415 e. The van der Waals surface area contributed by atoms with Crippen molar-refractivity contribution >= 4 is 18.0 Å². The van der Waals surface area contributed by atoms with Crippen LogP contribution in [0.3, 0.4) is 0 Å². The summed E-state index contributed by atoms with van der Waals surface area (Å²) in [5, 5.41) is 7.27. The van der Waals surface area contributed by atoms with Gasteiger partial charge in [-0.2, -0.15) is 8.78 Å². The van der Waals surface area contributed by atoms with Crippen molar-refractivity contribution in [2.45, 2.75) is 69.0 Å². The van der Waals surface area contributed by atoms with E-state index in [2.05, 4.69) is 47.5 Å². The molecule has 30 heavy (non-hydrogen) atoms. The molecule has 4 saturated carbocycles. The van der Waals surface area contributed by atoms with Gasteiger partial charge in [0.05, 0.1) is 6.61 Å². The molecule has 0 spiro atoms. The Kier molecular flexibility index (Phi) is 5.89. The Morgan fingerprint density at radius 3 is 2.40 bits per heavy atom. The average molecular weight is 443 g/mol. The highest BCUT2D eigenvalue weighted by Gasteiger charge is 2.59.